The van der Waals surface area contributed by atoms with Gasteiger partial charge < -0.3 is 23.6 Å². The summed E-state index contributed by atoms with van der Waals surface area (Å²) in [5, 5.41) is 0. The van der Waals surface area contributed by atoms with Gasteiger partial charge in [0.05, 0.1) is 18.5 Å². The lowest BCUT2D eigenvalue weighted by Gasteiger charge is -2.34. The number of likely N-dealkylation sites (N-methyl/N-ethyl adjacent to an activating group) is 1. The largest absolute Gasteiger partial charge is 0.481 e. The SMILES string of the molecule is COC(=O)c1nc2c(N(C)SC)cc(N3CCN(C)CC3)cn2c(=O)c1OCc1ccccc1. The van der Waals surface area contributed by atoms with Crippen molar-refractivity contribution in [1.82, 2.24) is 14.3 Å². The molecule has 1 aliphatic heterocycles. The first kappa shape index (κ1) is 23.9. The van der Waals surface area contributed by atoms with Crippen LogP contribution in [0.1, 0.15) is 16.1 Å². The quantitative estimate of drug-likeness (QED) is 0.372. The van der Waals surface area contributed by atoms with Crippen LogP contribution in [0.25, 0.3) is 5.65 Å². The molecule has 0 unspecified atom stereocenters. The van der Waals surface area contributed by atoms with E-state index in [1.54, 1.807) is 6.20 Å². The minimum Gasteiger partial charge on any atom is -0.481 e. The first-order valence-corrected chi connectivity index (χ1v) is 12.2. The number of aromatic nitrogens is 2. The highest BCUT2D eigenvalue weighted by Crippen LogP contribution is 2.30. The van der Waals surface area contributed by atoms with Crippen molar-refractivity contribution in [2.45, 2.75) is 6.61 Å². The van der Waals surface area contributed by atoms with E-state index in [0.29, 0.717) is 5.65 Å². The van der Waals surface area contributed by atoms with Gasteiger partial charge in [0, 0.05) is 45.7 Å². The highest BCUT2D eigenvalue weighted by atomic mass is 32.2. The first-order chi connectivity index (χ1) is 16.4. The summed E-state index contributed by atoms with van der Waals surface area (Å²) in [6.07, 6.45) is 3.72. The maximum absolute atomic E-state index is 13.7. The number of rotatable bonds is 7. The first-order valence-electron chi connectivity index (χ1n) is 11.0. The second kappa shape index (κ2) is 10.4. The molecule has 0 spiro atoms. The molecule has 3 heterocycles. The topological polar surface area (TPSA) is 79.6 Å². The Balaban J connectivity index is 1.87. The van der Waals surface area contributed by atoms with Crippen LogP contribution < -0.4 is 19.5 Å². The summed E-state index contributed by atoms with van der Waals surface area (Å²) >= 11 is 1.49. The number of methoxy groups -OCH3 is 1. The Morgan fingerprint density at radius 1 is 1.18 bits per heavy atom. The molecule has 0 amide bonds. The molecular formula is C24H29N5O4S. The molecule has 9 nitrogen and oxygen atoms in total. The van der Waals surface area contributed by atoms with Crippen molar-refractivity contribution < 1.29 is 14.3 Å². The third kappa shape index (κ3) is 4.83. The maximum Gasteiger partial charge on any atom is 0.360 e. The second-order valence-corrected chi connectivity index (χ2v) is 9.02. The van der Waals surface area contributed by atoms with Gasteiger partial charge in [0.15, 0.2) is 11.3 Å². The number of hydrogen-bond donors (Lipinski definition) is 0. The fraction of sp³-hybridized carbons (Fsp3) is 0.375. The summed E-state index contributed by atoms with van der Waals surface area (Å²) in [4.78, 5) is 35.4. The zero-order valence-electron chi connectivity index (χ0n) is 19.9. The second-order valence-electron chi connectivity index (χ2n) is 8.11. The van der Waals surface area contributed by atoms with Gasteiger partial charge in [-0.05, 0) is 18.7 Å². The number of piperazine rings is 1. The number of ether oxygens (including phenoxy) is 2. The van der Waals surface area contributed by atoms with E-state index in [9.17, 15) is 9.59 Å². The number of benzene rings is 1. The molecule has 180 valence electrons. The van der Waals surface area contributed by atoms with Crippen molar-refractivity contribution in [3.05, 3.63) is 64.2 Å². The molecule has 1 fully saturated rings. The van der Waals surface area contributed by atoms with Gasteiger partial charge in [-0.1, -0.05) is 42.3 Å². The van der Waals surface area contributed by atoms with Gasteiger partial charge in [-0.2, -0.15) is 0 Å². The monoisotopic (exact) mass is 483 g/mol. The Labute approximate surface area is 203 Å². The van der Waals surface area contributed by atoms with Gasteiger partial charge in [-0.25, -0.2) is 9.78 Å². The molecule has 0 N–H and O–H groups in total. The molecule has 4 rings (SSSR count). The lowest BCUT2D eigenvalue weighted by molar-refractivity contribution is 0.0588. The molecule has 34 heavy (non-hydrogen) atoms. The standard InChI is InChI=1S/C24H29N5O4S/c1-26-10-12-28(13-11-26)18-14-19(27(2)34-4)22-25-20(24(31)32-3)21(23(30)29(22)15-18)33-16-17-8-6-5-7-9-17/h5-9,14-15H,10-13,16H2,1-4H3. The molecule has 10 heteroatoms. The van der Waals surface area contributed by atoms with E-state index in [4.69, 9.17) is 9.47 Å². The van der Waals surface area contributed by atoms with Crippen molar-refractivity contribution >= 4 is 34.9 Å². The minimum absolute atomic E-state index is 0.124. The molecule has 0 saturated carbocycles. The van der Waals surface area contributed by atoms with E-state index >= 15 is 0 Å². The van der Waals surface area contributed by atoms with Gasteiger partial charge in [-0.15, -0.1) is 0 Å². The average Bonchev–Trinajstić information content (AvgIpc) is 2.87. The normalized spacial score (nSPS) is 14.3. The third-order valence-corrected chi connectivity index (χ3v) is 6.68. The maximum atomic E-state index is 13.7. The Kier molecular flexibility index (Phi) is 7.28. The highest BCUT2D eigenvalue weighted by Gasteiger charge is 2.25. The van der Waals surface area contributed by atoms with E-state index in [0.717, 1.165) is 43.1 Å². The fourth-order valence-corrected chi connectivity index (χ4v) is 4.19. The number of fused-ring (bicyclic) bond motifs is 1. The van der Waals surface area contributed by atoms with Crippen molar-refractivity contribution in [3.63, 3.8) is 0 Å². The van der Waals surface area contributed by atoms with E-state index in [1.165, 1.54) is 23.5 Å². The van der Waals surface area contributed by atoms with Crippen LogP contribution >= 0.6 is 11.9 Å². The third-order valence-electron chi connectivity index (χ3n) is 5.94. The Hall–Kier alpha value is -3.24. The zero-order chi connectivity index (χ0) is 24.2. The van der Waals surface area contributed by atoms with Gasteiger partial charge in [-0.3, -0.25) is 9.20 Å². The molecule has 0 atom stereocenters. The highest BCUT2D eigenvalue weighted by molar-refractivity contribution is 7.99. The predicted octanol–water partition coefficient (Wildman–Crippen LogP) is 2.53. The smallest absolute Gasteiger partial charge is 0.360 e. The number of carbonyl (C=O) groups excluding carboxylic acids is 1. The molecular weight excluding hydrogens is 454 g/mol. The average molecular weight is 484 g/mol. The molecule has 0 radical (unpaired) electrons. The Bertz CT molecular complexity index is 1230. The van der Waals surface area contributed by atoms with Crippen LogP contribution in [0.4, 0.5) is 11.4 Å². The molecule has 3 aromatic rings. The van der Waals surface area contributed by atoms with Gasteiger partial charge >= 0.3 is 11.5 Å². The van der Waals surface area contributed by atoms with Crippen LogP contribution in [-0.2, 0) is 11.3 Å². The van der Waals surface area contributed by atoms with Crippen LogP contribution in [0.3, 0.4) is 0 Å². The van der Waals surface area contributed by atoms with E-state index in [1.807, 2.05) is 54.0 Å². The minimum atomic E-state index is -0.719. The summed E-state index contributed by atoms with van der Waals surface area (Å²) < 4.78 is 14.2. The molecule has 1 aliphatic rings. The number of hydrogen-bond acceptors (Lipinski definition) is 9. The lowest BCUT2D eigenvalue weighted by Crippen LogP contribution is -2.44. The number of esters is 1. The van der Waals surface area contributed by atoms with Crippen LogP contribution in [-0.4, -0.2) is 73.9 Å². The molecule has 1 saturated heterocycles. The van der Waals surface area contributed by atoms with Crippen LogP contribution in [0.15, 0.2) is 47.4 Å². The van der Waals surface area contributed by atoms with Crippen molar-refractivity contribution in [3.8, 4) is 5.75 Å². The summed E-state index contributed by atoms with van der Waals surface area (Å²) in [7, 11) is 5.26. The Morgan fingerprint density at radius 3 is 2.53 bits per heavy atom. The van der Waals surface area contributed by atoms with Crippen LogP contribution in [0.2, 0.25) is 0 Å². The summed E-state index contributed by atoms with van der Waals surface area (Å²) in [5.41, 5.74) is 2.30. The number of anilines is 2. The molecule has 0 aliphatic carbocycles. The van der Waals surface area contributed by atoms with Gasteiger partial charge in [0.1, 0.15) is 6.61 Å². The number of carbonyl (C=O) groups is 1. The zero-order valence-corrected chi connectivity index (χ0v) is 20.7. The number of nitrogens with zero attached hydrogens (tertiary/aromatic N) is 5. The number of pyridine rings is 1. The van der Waals surface area contributed by atoms with Gasteiger partial charge in [0.2, 0.25) is 5.75 Å². The van der Waals surface area contributed by atoms with Gasteiger partial charge in [0.25, 0.3) is 0 Å². The van der Waals surface area contributed by atoms with Crippen molar-refractivity contribution in [2.75, 3.05) is 62.8 Å². The summed E-state index contributed by atoms with van der Waals surface area (Å²) in [6.45, 7) is 3.70. The van der Waals surface area contributed by atoms with Crippen molar-refractivity contribution in [1.29, 1.82) is 0 Å². The molecule has 1 aromatic carbocycles. The summed E-state index contributed by atoms with van der Waals surface area (Å²) in [6, 6.07) is 11.5. The van der Waals surface area contributed by atoms with E-state index in [2.05, 4.69) is 21.8 Å². The van der Waals surface area contributed by atoms with E-state index in [-0.39, 0.29) is 18.1 Å². The summed E-state index contributed by atoms with van der Waals surface area (Å²) in [5.74, 6) is -0.843. The molecule has 0 bridgehead atoms. The molecule has 2 aromatic heterocycles. The van der Waals surface area contributed by atoms with Crippen molar-refractivity contribution in [2.24, 2.45) is 0 Å². The Morgan fingerprint density at radius 2 is 1.88 bits per heavy atom. The van der Waals surface area contributed by atoms with E-state index < -0.39 is 11.5 Å². The fourth-order valence-electron chi connectivity index (χ4n) is 3.85. The van der Waals surface area contributed by atoms with Crippen LogP contribution in [0.5, 0.6) is 5.75 Å². The predicted molar refractivity (Wildman–Crippen MR) is 135 cm³/mol. The lowest BCUT2D eigenvalue weighted by atomic mass is 10.2. The van der Waals surface area contributed by atoms with Crippen LogP contribution in [0, 0.1) is 0 Å².